The van der Waals surface area contributed by atoms with Crippen molar-refractivity contribution in [1.82, 2.24) is 0 Å². The molecule has 0 aromatic rings. The second kappa shape index (κ2) is 4.51. The lowest BCUT2D eigenvalue weighted by atomic mass is 10.3. The zero-order chi connectivity index (χ0) is 5.86. The molecule has 0 aliphatic carbocycles. The van der Waals surface area contributed by atoms with Crippen LogP contribution in [0.25, 0.3) is 0 Å². The zero-order valence-electron chi connectivity index (χ0n) is 4.07. The summed E-state index contributed by atoms with van der Waals surface area (Å²) in [5.41, 5.74) is 4.77. The fourth-order valence-electron chi connectivity index (χ4n) is 0.0781. The summed E-state index contributed by atoms with van der Waals surface area (Å²) >= 11 is 0. The maximum absolute atomic E-state index is 9.65. The van der Waals surface area contributed by atoms with Crippen LogP contribution in [-0.2, 0) is 10.3 Å². The fourth-order valence-corrected chi connectivity index (χ4v) is 0.0781. The largest absolute Gasteiger partial charge is 0.480 e. The number of aliphatic hydroxyl groups excluding tert-OH is 1. The number of rotatable bonds is 2. The summed E-state index contributed by atoms with van der Waals surface area (Å²) in [5.74, 6) is -1.18. The molecule has 0 unspecified atom stereocenters. The van der Waals surface area contributed by atoms with Gasteiger partial charge in [-0.25, -0.2) is 0 Å². The van der Waals surface area contributed by atoms with Gasteiger partial charge in [0.2, 0.25) is 0 Å². The summed E-state index contributed by atoms with van der Waals surface area (Å²) in [6, 6.07) is -1.13. The molecular formula is C3H7NO4. The Kier molecular flexibility index (Phi) is 5.83. The average molecular weight is 121 g/mol. The van der Waals surface area contributed by atoms with Gasteiger partial charge in [0.25, 0.3) is 0 Å². The molecule has 0 spiro atoms. The summed E-state index contributed by atoms with van der Waals surface area (Å²) in [5, 5.41) is 15.9. The van der Waals surface area contributed by atoms with Crippen molar-refractivity contribution in [2.45, 2.75) is 6.04 Å². The van der Waals surface area contributed by atoms with E-state index in [2.05, 4.69) is 0 Å². The highest BCUT2D eigenvalue weighted by molar-refractivity contribution is 5.73. The van der Waals surface area contributed by atoms with Gasteiger partial charge >= 0.3 is 5.97 Å². The van der Waals surface area contributed by atoms with E-state index in [0.29, 0.717) is 0 Å². The SMILES string of the molecule is N[C@@H](CO)C(=O)O.[O]. The molecule has 0 aliphatic rings. The van der Waals surface area contributed by atoms with Crippen LogP contribution in [-0.4, -0.2) is 28.8 Å². The van der Waals surface area contributed by atoms with E-state index >= 15 is 0 Å². The first-order valence-corrected chi connectivity index (χ1v) is 1.77. The van der Waals surface area contributed by atoms with E-state index in [-0.39, 0.29) is 5.48 Å². The molecule has 0 aliphatic heterocycles. The lowest BCUT2D eigenvalue weighted by Gasteiger charge is -1.96. The standard InChI is InChI=1S/C3H7NO3.O/c4-2(1-5)3(6)7;/h2,5H,1,4H2,(H,6,7);/t2-;/m0./s1. The quantitative estimate of drug-likeness (QED) is 0.403. The predicted octanol–water partition coefficient (Wildman–Crippen LogP) is -1.73. The van der Waals surface area contributed by atoms with Gasteiger partial charge in [-0.1, -0.05) is 0 Å². The van der Waals surface area contributed by atoms with Gasteiger partial charge in [0.15, 0.2) is 0 Å². The van der Waals surface area contributed by atoms with Crippen LogP contribution in [0.4, 0.5) is 0 Å². The number of aliphatic carboxylic acids is 1. The third-order valence-corrected chi connectivity index (χ3v) is 0.514. The number of hydrogen-bond acceptors (Lipinski definition) is 3. The smallest absolute Gasteiger partial charge is 0.322 e. The Morgan fingerprint density at radius 2 is 2.12 bits per heavy atom. The highest BCUT2D eigenvalue weighted by atomic mass is 16.4. The molecule has 0 bridgehead atoms. The minimum absolute atomic E-state index is 0. The topological polar surface area (TPSA) is 112 Å². The summed E-state index contributed by atoms with van der Waals surface area (Å²) in [7, 11) is 0. The van der Waals surface area contributed by atoms with E-state index in [4.69, 9.17) is 15.9 Å². The lowest BCUT2D eigenvalue weighted by molar-refractivity contribution is -0.139. The van der Waals surface area contributed by atoms with Crippen molar-refractivity contribution in [2.24, 2.45) is 5.73 Å². The first kappa shape index (κ1) is 10.4. The number of hydrogen-bond donors (Lipinski definition) is 3. The average Bonchev–Trinajstić information content (AvgIpc) is 1.65. The van der Waals surface area contributed by atoms with Crippen LogP contribution < -0.4 is 5.73 Å². The van der Waals surface area contributed by atoms with Crippen molar-refractivity contribution in [3.8, 4) is 0 Å². The zero-order valence-corrected chi connectivity index (χ0v) is 4.07. The van der Waals surface area contributed by atoms with E-state index in [1.165, 1.54) is 0 Å². The van der Waals surface area contributed by atoms with E-state index in [0.717, 1.165) is 0 Å². The molecular weight excluding hydrogens is 114 g/mol. The normalized spacial score (nSPS) is 11.8. The molecule has 2 radical (unpaired) electrons. The van der Waals surface area contributed by atoms with Crippen LogP contribution in [0.15, 0.2) is 0 Å². The Labute approximate surface area is 46.0 Å². The second-order valence-electron chi connectivity index (χ2n) is 1.13. The molecule has 0 heterocycles. The van der Waals surface area contributed by atoms with Crippen molar-refractivity contribution in [3.63, 3.8) is 0 Å². The number of carbonyl (C=O) groups is 1. The first-order chi connectivity index (χ1) is 3.18. The summed E-state index contributed by atoms with van der Waals surface area (Å²) in [6.45, 7) is -0.505. The molecule has 0 aromatic carbocycles. The highest BCUT2D eigenvalue weighted by Gasteiger charge is 2.06. The Hall–Kier alpha value is -0.650. The van der Waals surface area contributed by atoms with Gasteiger partial charge in [-0.2, -0.15) is 0 Å². The molecule has 0 amide bonds. The minimum Gasteiger partial charge on any atom is -0.480 e. The van der Waals surface area contributed by atoms with Gasteiger partial charge < -0.3 is 15.9 Å². The van der Waals surface area contributed by atoms with Crippen LogP contribution >= 0.6 is 0 Å². The third-order valence-electron chi connectivity index (χ3n) is 0.514. The van der Waals surface area contributed by atoms with E-state index in [1.54, 1.807) is 0 Å². The van der Waals surface area contributed by atoms with Crippen molar-refractivity contribution >= 4 is 5.97 Å². The van der Waals surface area contributed by atoms with Crippen molar-refractivity contribution in [3.05, 3.63) is 0 Å². The number of nitrogens with two attached hydrogens (primary N) is 1. The van der Waals surface area contributed by atoms with E-state index < -0.39 is 18.6 Å². The Morgan fingerprint density at radius 3 is 2.12 bits per heavy atom. The molecule has 8 heavy (non-hydrogen) atoms. The van der Waals surface area contributed by atoms with Crippen LogP contribution in [0.3, 0.4) is 0 Å². The monoisotopic (exact) mass is 121 g/mol. The lowest BCUT2D eigenvalue weighted by Crippen LogP contribution is -2.33. The Morgan fingerprint density at radius 1 is 1.75 bits per heavy atom. The summed E-state index contributed by atoms with van der Waals surface area (Å²) < 4.78 is 0. The molecule has 0 aromatic heterocycles. The molecule has 0 saturated heterocycles. The highest BCUT2D eigenvalue weighted by Crippen LogP contribution is 1.71. The van der Waals surface area contributed by atoms with Crippen molar-refractivity contribution in [2.75, 3.05) is 6.61 Å². The Balaban J connectivity index is 0. The molecule has 5 nitrogen and oxygen atoms in total. The molecule has 0 saturated carbocycles. The van der Waals surface area contributed by atoms with Gasteiger partial charge in [-0.15, -0.1) is 0 Å². The molecule has 0 rings (SSSR count). The first-order valence-electron chi connectivity index (χ1n) is 1.77. The van der Waals surface area contributed by atoms with Crippen LogP contribution in [0.5, 0.6) is 0 Å². The number of carboxylic acid groups (broad SMARTS) is 1. The van der Waals surface area contributed by atoms with Gasteiger partial charge in [0.05, 0.1) is 6.61 Å². The van der Waals surface area contributed by atoms with E-state index in [1.807, 2.05) is 0 Å². The van der Waals surface area contributed by atoms with Crippen molar-refractivity contribution < 1.29 is 20.5 Å². The maximum atomic E-state index is 9.65. The van der Waals surface area contributed by atoms with Gasteiger partial charge in [0, 0.05) is 5.48 Å². The number of aliphatic hydroxyl groups is 1. The van der Waals surface area contributed by atoms with Gasteiger partial charge in [-0.05, 0) is 0 Å². The number of carboxylic acids is 1. The Bertz CT molecular complexity index is 73.7. The molecule has 5 heteroatoms. The van der Waals surface area contributed by atoms with Gasteiger partial charge in [-0.3, -0.25) is 4.79 Å². The van der Waals surface area contributed by atoms with E-state index in [9.17, 15) is 4.79 Å². The fraction of sp³-hybridized carbons (Fsp3) is 0.667. The second-order valence-corrected chi connectivity index (χ2v) is 1.13. The molecule has 1 atom stereocenters. The maximum Gasteiger partial charge on any atom is 0.322 e. The van der Waals surface area contributed by atoms with Gasteiger partial charge in [0.1, 0.15) is 6.04 Å². The third kappa shape index (κ3) is 3.54. The summed E-state index contributed by atoms with van der Waals surface area (Å²) in [4.78, 5) is 9.65. The van der Waals surface area contributed by atoms with Crippen LogP contribution in [0, 0.1) is 0 Å². The molecule has 48 valence electrons. The van der Waals surface area contributed by atoms with Crippen LogP contribution in [0.1, 0.15) is 0 Å². The molecule has 4 N–H and O–H groups in total. The van der Waals surface area contributed by atoms with Crippen LogP contribution in [0.2, 0.25) is 0 Å². The molecule has 0 fully saturated rings. The van der Waals surface area contributed by atoms with Crippen molar-refractivity contribution in [1.29, 1.82) is 0 Å². The minimum atomic E-state index is -1.18. The summed E-state index contributed by atoms with van der Waals surface area (Å²) in [6.07, 6.45) is 0. The predicted molar refractivity (Wildman–Crippen MR) is 23.4 cm³/mol.